The standard InChI is InChI=1S/C15H11ClFN3O3S/c1-8-10(4-5-22-8)14-19-20-15(23-14)24-7-13(21)18-12-3-2-9(17)6-11(12)16/h2-6H,7H2,1H3,(H,18,21). The molecule has 124 valence electrons. The van der Waals surface area contributed by atoms with Gasteiger partial charge in [-0.15, -0.1) is 10.2 Å². The average Bonchev–Trinajstić information content (AvgIpc) is 3.16. The van der Waals surface area contributed by atoms with Crippen molar-refractivity contribution in [3.05, 3.63) is 47.1 Å². The maximum Gasteiger partial charge on any atom is 0.277 e. The quantitative estimate of drug-likeness (QED) is 0.682. The Morgan fingerprint density at radius 2 is 2.21 bits per heavy atom. The number of aryl methyl sites for hydroxylation is 1. The zero-order chi connectivity index (χ0) is 17.1. The molecule has 3 rings (SSSR count). The van der Waals surface area contributed by atoms with Gasteiger partial charge in [0.05, 0.1) is 28.3 Å². The Kier molecular flexibility index (Phi) is 4.86. The topological polar surface area (TPSA) is 81.2 Å². The van der Waals surface area contributed by atoms with E-state index < -0.39 is 5.82 Å². The van der Waals surface area contributed by atoms with Crippen LogP contribution in [0.1, 0.15) is 5.76 Å². The third kappa shape index (κ3) is 3.77. The van der Waals surface area contributed by atoms with E-state index in [1.165, 1.54) is 18.4 Å². The van der Waals surface area contributed by atoms with E-state index in [4.69, 9.17) is 20.4 Å². The number of thioether (sulfide) groups is 1. The molecule has 0 fully saturated rings. The minimum Gasteiger partial charge on any atom is -0.469 e. The second-order valence-corrected chi connectivity index (χ2v) is 6.06. The van der Waals surface area contributed by atoms with E-state index in [1.54, 1.807) is 13.0 Å². The largest absolute Gasteiger partial charge is 0.469 e. The number of hydrogen-bond acceptors (Lipinski definition) is 6. The molecule has 0 spiro atoms. The van der Waals surface area contributed by atoms with Crippen molar-refractivity contribution >= 4 is 35.0 Å². The molecule has 0 saturated carbocycles. The molecule has 0 aliphatic rings. The van der Waals surface area contributed by atoms with Crippen LogP contribution in [0.2, 0.25) is 5.02 Å². The van der Waals surface area contributed by atoms with Gasteiger partial charge in [-0.1, -0.05) is 23.4 Å². The maximum atomic E-state index is 13.0. The lowest BCUT2D eigenvalue weighted by Gasteiger charge is -2.06. The first-order chi connectivity index (χ1) is 11.5. The van der Waals surface area contributed by atoms with E-state index in [2.05, 4.69) is 15.5 Å². The SMILES string of the molecule is Cc1occc1-c1nnc(SCC(=O)Nc2ccc(F)cc2Cl)o1. The van der Waals surface area contributed by atoms with Crippen LogP contribution in [0.4, 0.5) is 10.1 Å². The number of aromatic nitrogens is 2. The third-order valence-electron chi connectivity index (χ3n) is 3.03. The van der Waals surface area contributed by atoms with Crippen LogP contribution < -0.4 is 5.32 Å². The number of halogens is 2. The van der Waals surface area contributed by atoms with Crippen molar-refractivity contribution < 1.29 is 18.0 Å². The van der Waals surface area contributed by atoms with Gasteiger partial charge in [-0.05, 0) is 31.2 Å². The molecule has 0 saturated heterocycles. The lowest BCUT2D eigenvalue weighted by atomic mass is 10.3. The first-order valence-electron chi connectivity index (χ1n) is 6.78. The predicted molar refractivity (Wildman–Crippen MR) is 87.5 cm³/mol. The summed E-state index contributed by atoms with van der Waals surface area (Å²) in [7, 11) is 0. The highest BCUT2D eigenvalue weighted by Gasteiger charge is 2.15. The van der Waals surface area contributed by atoms with E-state index in [1.807, 2.05) is 0 Å². The maximum absolute atomic E-state index is 13.0. The van der Waals surface area contributed by atoms with Crippen molar-refractivity contribution in [1.29, 1.82) is 0 Å². The normalized spacial score (nSPS) is 10.8. The summed E-state index contributed by atoms with van der Waals surface area (Å²) in [6, 6.07) is 5.46. The van der Waals surface area contributed by atoms with Gasteiger partial charge in [-0.3, -0.25) is 4.79 Å². The molecule has 1 aromatic carbocycles. The second-order valence-electron chi connectivity index (χ2n) is 4.72. The smallest absolute Gasteiger partial charge is 0.277 e. The van der Waals surface area contributed by atoms with Crippen LogP contribution in [-0.4, -0.2) is 21.9 Å². The molecule has 0 atom stereocenters. The van der Waals surface area contributed by atoms with E-state index in [0.717, 1.165) is 17.8 Å². The Hall–Kier alpha value is -2.32. The van der Waals surface area contributed by atoms with Crippen LogP contribution >= 0.6 is 23.4 Å². The van der Waals surface area contributed by atoms with Gasteiger partial charge in [0, 0.05) is 0 Å². The molecule has 0 unspecified atom stereocenters. The van der Waals surface area contributed by atoms with Gasteiger partial charge >= 0.3 is 0 Å². The van der Waals surface area contributed by atoms with Crippen LogP contribution in [0.5, 0.6) is 0 Å². The number of anilines is 1. The number of amides is 1. The van der Waals surface area contributed by atoms with Gasteiger partial charge in [0.1, 0.15) is 11.6 Å². The van der Waals surface area contributed by atoms with Crippen LogP contribution in [0.15, 0.2) is 44.6 Å². The highest BCUT2D eigenvalue weighted by molar-refractivity contribution is 7.99. The molecule has 0 bridgehead atoms. The van der Waals surface area contributed by atoms with Gasteiger partial charge in [0.2, 0.25) is 5.91 Å². The van der Waals surface area contributed by atoms with Gasteiger partial charge in [0.25, 0.3) is 11.1 Å². The molecule has 3 aromatic rings. The van der Waals surface area contributed by atoms with Gasteiger partial charge in [0.15, 0.2) is 0 Å². The van der Waals surface area contributed by atoms with Crippen LogP contribution in [0, 0.1) is 12.7 Å². The first kappa shape index (κ1) is 16.5. The minimum absolute atomic E-state index is 0.0414. The highest BCUT2D eigenvalue weighted by atomic mass is 35.5. The molecule has 9 heteroatoms. The average molecular weight is 368 g/mol. The van der Waals surface area contributed by atoms with E-state index in [0.29, 0.717) is 22.9 Å². The van der Waals surface area contributed by atoms with E-state index in [9.17, 15) is 9.18 Å². The molecule has 0 aliphatic heterocycles. The number of rotatable bonds is 5. The first-order valence-corrected chi connectivity index (χ1v) is 8.15. The van der Waals surface area contributed by atoms with E-state index in [-0.39, 0.29) is 21.9 Å². The molecule has 2 heterocycles. The lowest BCUT2D eigenvalue weighted by molar-refractivity contribution is -0.113. The number of furan rings is 1. The number of carbonyl (C=O) groups excluding carboxylic acids is 1. The summed E-state index contributed by atoms with van der Waals surface area (Å²) in [6.07, 6.45) is 1.53. The number of nitrogens with zero attached hydrogens (tertiary/aromatic N) is 2. The Morgan fingerprint density at radius 3 is 2.92 bits per heavy atom. The second kappa shape index (κ2) is 7.06. The summed E-state index contributed by atoms with van der Waals surface area (Å²) in [4.78, 5) is 11.9. The van der Waals surface area contributed by atoms with Crippen molar-refractivity contribution in [3.63, 3.8) is 0 Å². The summed E-state index contributed by atoms with van der Waals surface area (Å²) in [5.74, 6) is 0.234. The third-order valence-corrected chi connectivity index (χ3v) is 4.16. The molecular weight excluding hydrogens is 357 g/mol. The van der Waals surface area contributed by atoms with Crippen LogP contribution in [0.25, 0.3) is 11.5 Å². The molecule has 6 nitrogen and oxygen atoms in total. The monoisotopic (exact) mass is 367 g/mol. The van der Waals surface area contributed by atoms with Gasteiger partial charge < -0.3 is 14.2 Å². The summed E-state index contributed by atoms with van der Waals surface area (Å²) in [6.45, 7) is 1.78. The molecule has 2 aromatic heterocycles. The fraction of sp³-hybridized carbons (Fsp3) is 0.133. The number of carbonyl (C=O) groups is 1. The Bertz CT molecular complexity index is 880. The fourth-order valence-electron chi connectivity index (χ4n) is 1.89. The summed E-state index contributed by atoms with van der Waals surface area (Å²) < 4.78 is 23.6. The van der Waals surface area contributed by atoms with Crippen molar-refractivity contribution in [3.8, 4) is 11.5 Å². The minimum atomic E-state index is -0.472. The van der Waals surface area contributed by atoms with Gasteiger partial charge in [-0.2, -0.15) is 0 Å². The van der Waals surface area contributed by atoms with Crippen LogP contribution in [-0.2, 0) is 4.79 Å². The molecule has 1 amide bonds. The Labute approximate surface area is 145 Å². The number of benzene rings is 1. The van der Waals surface area contributed by atoms with Crippen molar-refractivity contribution in [2.75, 3.05) is 11.1 Å². The fourth-order valence-corrected chi connectivity index (χ4v) is 2.67. The number of nitrogens with one attached hydrogen (secondary N) is 1. The Balaban J connectivity index is 1.59. The molecule has 0 radical (unpaired) electrons. The summed E-state index contributed by atoms with van der Waals surface area (Å²) >= 11 is 6.94. The van der Waals surface area contributed by atoms with Crippen molar-refractivity contribution in [2.24, 2.45) is 0 Å². The predicted octanol–water partition coefficient (Wildman–Crippen LogP) is 4.16. The van der Waals surface area contributed by atoms with Crippen LogP contribution in [0.3, 0.4) is 0 Å². The lowest BCUT2D eigenvalue weighted by Crippen LogP contribution is -2.14. The zero-order valence-corrected chi connectivity index (χ0v) is 13.9. The zero-order valence-electron chi connectivity index (χ0n) is 12.4. The summed E-state index contributed by atoms with van der Waals surface area (Å²) in [5, 5.41) is 10.8. The van der Waals surface area contributed by atoms with Crippen molar-refractivity contribution in [1.82, 2.24) is 10.2 Å². The van der Waals surface area contributed by atoms with Crippen molar-refractivity contribution in [2.45, 2.75) is 12.1 Å². The van der Waals surface area contributed by atoms with E-state index >= 15 is 0 Å². The molecule has 24 heavy (non-hydrogen) atoms. The van der Waals surface area contributed by atoms with Gasteiger partial charge in [-0.25, -0.2) is 4.39 Å². The number of hydrogen-bond donors (Lipinski definition) is 1. The highest BCUT2D eigenvalue weighted by Crippen LogP contribution is 2.27. The molecular formula is C15H11ClFN3O3S. The molecule has 1 N–H and O–H groups in total. The molecule has 0 aliphatic carbocycles. The Morgan fingerprint density at radius 1 is 1.38 bits per heavy atom. The summed E-state index contributed by atoms with van der Waals surface area (Å²) in [5.41, 5.74) is 1.04.